The van der Waals surface area contributed by atoms with E-state index in [1.165, 1.54) is 43.5 Å². The molecule has 5 nitrogen and oxygen atoms in total. The predicted molar refractivity (Wildman–Crippen MR) is 65.5 cm³/mol. The van der Waals surface area contributed by atoms with Crippen LogP contribution in [0.4, 0.5) is 4.39 Å². The Morgan fingerprint density at radius 3 is 2.37 bits per heavy atom. The molecule has 0 aliphatic rings. The van der Waals surface area contributed by atoms with Crippen LogP contribution in [0.15, 0.2) is 41.2 Å². The summed E-state index contributed by atoms with van der Waals surface area (Å²) in [5.74, 6) is -1.62. The summed E-state index contributed by atoms with van der Waals surface area (Å²) < 4.78 is 19.0. The van der Waals surface area contributed by atoms with Gasteiger partial charge in [-0.25, -0.2) is 13.8 Å². The second kappa shape index (κ2) is 4.93. The molecule has 0 amide bonds. The van der Waals surface area contributed by atoms with Crippen molar-refractivity contribution in [3.8, 4) is 11.6 Å². The number of hydrogen-bond acceptors (Lipinski definition) is 3. The quantitative estimate of drug-likeness (QED) is 0.914. The lowest BCUT2D eigenvalue weighted by Gasteiger charge is -2.12. The molecule has 1 N–H and O–H groups in total. The average molecular weight is 263 g/mol. The minimum atomic E-state index is -1.33. The van der Waals surface area contributed by atoms with E-state index in [1.54, 1.807) is 0 Å². The Labute approximate surface area is 107 Å². The molecule has 2 rings (SSSR count). The van der Waals surface area contributed by atoms with Crippen LogP contribution in [0.3, 0.4) is 0 Å². The maximum atomic E-state index is 12.9. The van der Waals surface area contributed by atoms with Gasteiger partial charge in [-0.2, -0.15) is 0 Å². The van der Waals surface area contributed by atoms with Crippen LogP contribution in [0, 0.1) is 5.82 Å². The van der Waals surface area contributed by atoms with Crippen molar-refractivity contribution >= 4 is 5.97 Å². The monoisotopic (exact) mass is 263 g/mol. The number of carboxylic acids is 1. The van der Waals surface area contributed by atoms with Crippen LogP contribution < -0.4 is 10.3 Å². The molecule has 0 aliphatic carbocycles. The van der Waals surface area contributed by atoms with E-state index >= 15 is 0 Å². The van der Waals surface area contributed by atoms with Crippen molar-refractivity contribution in [3.05, 3.63) is 58.1 Å². The van der Waals surface area contributed by atoms with Crippen LogP contribution >= 0.6 is 0 Å². The summed E-state index contributed by atoms with van der Waals surface area (Å²) in [7, 11) is 1.36. The van der Waals surface area contributed by atoms with E-state index in [4.69, 9.17) is 9.84 Å². The van der Waals surface area contributed by atoms with Gasteiger partial charge in [0.05, 0.1) is 12.8 Å². The lowest BCUT2D eigenvalue weighted by Crippen LogP contribution is -2.25. The number of benzene rings is 1. The van der Waals surface area contributed by atoms with E-state index in [1.807, 2.05) is 0 Å². The number of methoxy groups -OCH3 is 1. The first kappa shape index (κ1) is 12.8. The molecule has 0 fully saturated rings. The van der Waals surface area contributed by atoms with Crippen LogP contribution in [0.5, 0.6) is 5.88 Å². The van der Waals surface area contributed by atoms with Gasteiger partial charge in [0.2, 0.25) is 5.88 Å². The minimum Gasteiger partial charge on any atom is -0.482 e. The van der Waals surface area contributed by atoms with Crippen molar-refractivity contribution in [1.29, 1.82) is 0 Å². The van der Waals surface area contributed by atoms with Crippen molar-refractivity contribution in [1.82, 2.24) is 4.57 Å². The number of aromatic nitrogens is 1. The molecule has 0 saturated heterocycles. The fourth-order valence-corrected chi connectivity index (χ4v) is 1.68. The summed E-state index contributed by atoms with van der Waals surface area (Å²) in [6.07, 6.45) is 0. The fraction of sp³-hybridized carbons (Fsp3) is 0.0769. The third-order valence-corrected chi connectivity index (χ3v) is 2.57. The van der Waals surface area contributed by atoms with Crippen LogP contribution in [-0.2, 0) is 0 Å². The Bertz CT molecular complexity index is 676. The molecular weight excluding hydrogens is 253 g/mol. The molecule has 2 aromatic rings. The highest BCUT2D eigenvalue weighted by Gasteiger charge is 2.15. The molecular formula is C13H10FNO4. The lowest BCUT2D eigenvalue weighted by atomic mass is 10.2. The summed E-state index contributed by atoms with van der Waals surface area (Å²) in [5.41, 5.74) is -0.796. The van der Waals surface area contributed by atoms with Gasteiger partial charge in [-0.1, -0.05) is 0 Å². The Hall–Kier alpha value is -2.63. The maximum Gasteiger partial charge on any atom is 0.341 e. The Morgan fingerprint density at radius 2 is 1.84 bits per heavy atom. The van der Waals surface area contributed by atoms with E-state index in [0.29, 0.717) is 5.69 Å². The number of carboxylic acid groups (broad SMARTS) is 1. The molecule has 1 aromatic carbocycles. The lowest BCUT2D eigenvalue weighted by molar-refractivity contribution is 0.0694. The van der Waals surface area contributed by atoms with E-state index in [-0.39, 0.29) is 11.4 Å². The third-order valence-electron chi connectivity index (χ3n) is 2.57. The number of carbonyl (C=O) groups is 1. The number of nitrogens with zero attached hydrogens (tertiary/aromatic N) is 1. The first-order chi connectivity index (χ1) is 9.04. The fourth-order valence-electron chi connectivity index (χ4n) is 1.68. The van der Waals surface area contributed by atoms with E-state index in [0.717, 1.165) is 4.57 Å². The number of ether oxygens (including phenoxy) is 1. The average Bonchev–Trinajstić information content (AvgIpc) is 2.39. The zero-order valence-electron chi connectivity index (χ0n) is 9.96. The van der Waals surface area contributed by atoms with Crippen LogP contribution in [0.2, 0.25) is 0 Å². The number of aromatic carboxylic acids is 1. The molecule has 98 valence electrons. The number of halogens is 1. The second-order valence-corrected chi connectivity index (χ2v) is 3.71. The van der Waals surface area contributed by atoms with E-state index < -0.39 is 17.3 Å². The SMILES string of the molecule is COc1ccc(C(=O)O)c(=O)n1-c1ccc(F)cc1. The van der Waals surface area contributed by atoms with Crippen LogP contribution in [0.1, 0.15) is 10.4 Å². The molecule has 0 bridgehead atoms. The molecule has 0 spiro atoms. The Balaban J connectivity index is 2.73. The molecule has 0 unspecified atom stereocenters. The first-order valence-electron chi connectivity index (χ1n) is 5.34. The first-order valence-corrected chi connectivity index (χ1v) is 5.34. The van der Waals surface area contributed by atoms with Gasteiger partial charge in [0, 0.05) is 0 Å². The number of hydrogen-bond donors (Lipinski definition) is 1. The molecule has 0 atom stereocenters. The summed E-state index contributed by atoms with van der Waals surface area (Å²) in [4.78, 5) is 23.0. The summed E-state index contributed by atoms with van der Waals surface area (Å²) >= 11 is 0. The van der Waals surface area contributed by atoms with Gasteiger partial charge >= 0.3 is 5.97 Å². The molecule has 0 radical (unpaired) electrons. The van der Waals surface area contributed by atoms with Crippen molar-refractivity contribution in [2.24, 2.45) is 0 Å². The molecule has 1 aromatic heterocycles. The topological polar surface area (TPSA) is 68.5 Å². The van der Waals surface area contributed by atoms with Crippen LogP contribution in [0.25, 0.3) is 5.69 Å². The third kappa shape index (κ3) is 2.33. The molecule has 0 aliphatic heterocycles. The van der Waals surface area contributed by atoms with Gasteiger partial charge < -0.3 is 9.84 Å². The summed E-state index contributed by atoms with van der Waals surface area (Å²) in [6, 6.07) is 7.62. The number of pyridine rings is 1. The van der Waals surface area contributed by atoms with Crippen molar-refractivity contribution in [2.75, 3.05) is 7.11 Å². The molecule has 1 heterocycles. The van der Waals surface area contributed by atoms with Gasteiger partial charge in [-0.3, -0.25) is 4.79 Å². The number of rotatable bonds is 3. The zero-order chi connectivity index (χ0) is 14.0. The predicted octanol–water partition coefficient (Wildman–Crippen LogP) is 1.68. The highest BCUT2D eigenvalue weighted by molar-refractivity contribution is 5.87. The van der Waals surface area contributed by atoms with Crippen molar-refractivity contribution in [3.63, 3.8) is 0 Å². The molecule has 19 heavy (non-hydrogen) atoms. The van der Waals surface area contributed by atoms with Gasteiger partial charge in [0.25, 0.3) is 5.56 Å². The normalized spacial score (nSPS) is 10.2. The van der Waals surface area contributed by atoms with Crippen LogP contribution in [-0.4, -0.2) is 22.8 Å². The molecule has 6 heteroatoms. The smallest absolute Gasteiger partial charge is 0.341 e. The van der Waals surface area contributed by atoms with Crippen molar-refractivity contribution < 1.29 is 19.0 Å². The molecule has 0 saturated carbocycles. The van der Waals surface area contributed by atoms with Gasteiger partial charge in [-0.15, -0.1) is 0 Å². The van der Waals surface area contributed by atoms with Gasteiger partial charge in [-0.05, 0) is 36.4 Å². The largest absolute Gasteiger partial charge is 0.482 e. The van der Waals surface area contributed by atoms with Crippen molar-refractivity contribution in [2.45, 2.75) is 0 Å². The van der Waals surface area contributed by atoms with E-state index in [9.17, 15) is 14.0 Å². The standard InChI is InChI=1S/C13H10FNO4/c1-19-11-7-6-10(13(17)18)12(16)15(11)9-4-2-8(14)3-5-9/h2-7H,1H3,(H,17,18). The maximum absolute atomic E-state index is 12.9. The zero-order valence-corrected chi connectivity index (χ0v) is 9.96. The Morgan fingerprint density at radius 1 is 1.21 bits per heavy atom. The highest BCUT2D eigenvalue weighted by atomic mass is 19.1. The minimum absolute atomic E-state index is 0.168. The summed E-state index contributed by atoms with van der Waals surface area (Å²) in [5, 5.41) is 8.93. The Kier molecular flexibility index (Phi) is 3.33. The highest BCUT2D eigenvalue weighted by Crippen LogP contribution is 2.16. The van der Waals surface area contributed by atoms with E-state index in [2.05, 4.69) is 0 Å². The van der Waals surface area contributed by atoms with Gasteiger partial charge in [0.15, 0.2) is 0 Å². The second-order valence-electron chi connectivity index (χ2n) is 3.71. The van der Waals surface area contributed by atoms with Gasteiger partial charge in [0.1, 0.15) is 11.4 Å². The summed E-state index contributed by atoms with van der Waals surface area (Å²) in [6.45, 7) is 0.